The van der Waals surface area contributed by atoms with Crippen LogP contribution in [0, 0.1) is 13.8 Å². The number of carbonyl (C=O) groups is 3. The maximum atomic E-state index is 13.8. The first-order valence-electron chi connectivity index (χ1n) is 11.6. The maximum absolute atomic E-state index is 13.8. The normalized spacial score (nSPS) is 21.3. The Morgan fingerprint density at radius 3 is 2.30 bits per heavy atom. The van der Waals surface area contributed by atoms with Gasteiger partial charge in [0.1, 0.15) is 11.2 Å². The molecule has 2 aliphatic rings. The summed E-state index contributed by atoms with van der Waals surface area (Å²) in [7, 11) is 1.27. The number of nitrogens with zero attached hydrogens (tertiary/aromatic N) is 3. The van der Waals surface area contributed by atoms with Crippen molar-refractivity contribution >= 4 is 23.5 Å². The summed E-state index contributed by atoms with van der Waals surface area (Å²) in [5.74, 6) is -1.19. The number of ether oxygens (including phenoxy) is 1. The van der Waals surface area contributed by atoms with E-state index in [4.69, 9.17) is 4.74 Å². The highest BCUT2D eigenvalue weighted by atomic mass is 16.5. The van der Waals surface area contributed by atoms with E-state index in [0.717, 1.165) is 36.8 Å². The summed E-state index contributed by atoms with van der Waals surface area (Å²) in [5.41, 5.74) is 1.75. The van der Waals surface area contributed by atoms with Crippen LogP contribution in [-0.2, 0) is 16.1 Å². The van der Waals surface area contributed by atoms with Crippen LogP contribution < -0.4 is 10.2 Å². The fourth-order valence-corrected chi connectivity index (χ4v) is 5.03. The summed E-state index contributed by atoms with van der Waals surface area (Å²) in [5, 5.41) is 7.51. The molecule has 2 heterocycles. The minimum atomic E-state index is -1.21. The van der Waals surface area contributed by atoms with Gasteiger partial charge in [-0.3, -0.25) is 19.2 Å². The number of hydrogen-bond acceptors (Lipinski definition) is 5. The van der Waals surface area contributed by atoms with E-state index < -0.39 is 11.5 Å². The number of hydrogen-bond donors (Lipinski definition) is 1. The van der Waals surface area contributed by atoms with Gasteiger partial charge in [0, 0.05) is 17.8 Å². The molecule has 33 heavy (non-hydrogen) atoms. The Kier molecular flexibility index (Phi) is 6.28. The van der Waals surface area contributed by atoms with Gasteiger partial charge in [-0.05, 0) is 56.9 Å². The first-order chi connectivity index (χ1) is 15.7. The average Bonchev–Trinajstić information content (AvgIpc) is 3.01. The van der Waals surface area contributed by atoms with Crippen LogP contribution in [-0.4, -0.2) is 46.3 Å². The fourth-order valence-electron chi connectivity index (χ4n) is 5.03. The Morgan fingerprint density at radius 1 is 1.06 bits per heavy atom. The molecule has 4 rings (SSSR count). The van der Waals surface area contributed by atoms with Crippen molar-refractivity contribution in [1.82, 2.24) is 15.1 Å². The molecule has 1 aliphatic carbocycles. The van der Waals surface area contributed by atoms with Crippen molar-refractivity contribution in [3.05, 3.63) is 46.8 Å². The van der Waals surface area contributed by atoms with Gasteiger partial charge < -0.3 is 10.1 Å². The van der Waals surface area contributed by atoms with Crippen LogP contribution in [0.3, 0.4) is 0 Å². The zero-order valence-corrected chi connectivity index (χ0v) is 19.8. The molecule has 1 aromatic heterocycles. The van der Waals surface area contributed by atoms with E-state index in [1.807, 2.05) is 32.0 Å². The number of anilines is 1. The molecule has 0 bridgehead atoms. The van der Waals surface area contributed by atoms with Crippen molar-refractivity contribution in [2.75, 3.05) is 12.0 Å². The van der Waals surface area contributed by atoms with Gasteiger partial charge in [-0.15, -0.1) is 0 Å². The van der Waals surface area contributed by atoms with Crippen LogP contribution in [0.2, 0.25) is 0 Å². The first kappa shape index (κ1) is 23.0. The number of rotatable bonds is 4. The largest absolute Gasteiger partial charge is 0.464 e. The van der Waals surface area contributed by atoms with Gasteiger partial charge in [-0.2, -0.15) is 5.10 Å². The van der Waals surface area contributed by atoms with E-state index in [1.165, 1.54) is 30.7 Å². The SMILES string of the molecule is COC(=O)c1cc2n(n1)CC(C)(C(=O)NC1CCCCCC1)N(c1cc(C)cc(C)c1)C2=O. The molecule has 2 amide bonds. The number of fused-ring (bicyclic) bond motifs is 1. The summed E-state index contributed by atoms with van der Waals surface area (Å²) in [6.07, 6.45) is 6.44. The lowest BCUT2D eigenvalue weighted by atomic mass is 9.92. The first-order valence-corrected chi connectivity index (χ1v) is 11.6. The van der Waals surface area contributed by atoms with Crippen molar-refractivity contribution in [3.63, 3.8) is 0 Å². The molecular weight excluding hydrogens is 420 g/mol. The molecule has 8 nitrogen and oxygen atoms in total. The van der Waals surface area contributed by atoms with Crippen LogP contribution in [0.25, 0.3) is 0 Å². The Labute approximate surface area is 194 Å². The van der Waals surface area contributed by atoms with Crippen LogP contribution in [0.1, 0.15) is 77.6 Å². The molecule has 0 saturated heterocycles. The lowest BCUT2D eigenvalue weighted by Gasteiger charge is -2.44. The minimum Gasteiger partial charge on any atom is -0.464 e. The number of aromatic nitrogens is 2. The van der Waals surface area contributed by atoms with Crippen molar-refractivity contribution in [2.24, 2.45) is 0 Å². The Bertz CT molecular complexity index is 1060. The second kappa shape index (κ2) is 9.00. The molecule has 1 aromatic carbocycles. The van der Waals surface area contributed by atoms with Crippen molar-refractivity contribution in [3.8, 4) is 0 Å². The quantitative estimate of drug-likeness (QED) is 0.566. The smallest absolute Gasteiger partial charge is 0.358 e. The molecule has 2 aromatic rings. The summed E-state index contributed by atoms with van der Waals surface area (Å²) in [6, 6.07) is 7.38. The van der Waals surface area contributed by atoms with E-state index in [9.17, 15) is 14.4 Å². The topological polar surface area (TPSA) is 93.5 Å². The summed E-state index contributed by atoms with van der Waals surface area (Å²) in [4.78, 5) is 41.2. The zero-order valence-electron chi connectivity index (χ0n) is 19.8. The highest BCUT2D eigenvalue weighted by molar-refractivity contribution is 6.12. The average molecular weight is 453 g/mol. The summed E-state index contributed by atoms with van der Waals surface area (Å²) >= 11 is 0. The van der Waals surface area contributed by atoms with Gasteiger partial charge in [0.15, 0.2) is 5.69 Å². The van der Waals surface area contributed by atoms with Crippen LogP contribution in [0.15, 0.2) is 24.3 Å². The molecule has 8 heteroatoms. The van der Waals surface area contributed by atoms with Gasteiger partial charge in [-0.1, -0.05) is 31.7 Å². The molecule has 0 radical (unpaired) electrons. The minimum absolute atomic E-state index is 0.0506. The standard InChI is InChI=1S/C25H32N4O4/c1-16-11-17(2)13-19(12-16)29-22(30)21-14-20(23(31)33-4)27-28(21)15-25(29,3)24(32)26-18-9-7-5-6-8-10-18/h11-14,18H,5-10,15H2,1-4H3,(H,26,32). The van der Waals surface area contributed by atoms with Crippen LogP contribution in [0.4, 0.5) is 5.69 Å². The lowest BCUT2D eigenvalue weighted by Crippen LogP contribution is -2.65. The van der Waals surface area contributed by atoms with Crippen molar-refractivity contribution < 1.29 is 19.1 Å². The van der Waals surface area contributed by atoms with Gasteiger partial charge in [0.25, 0.3) is 5.91 Å². The second-order valence-electron chi connectivity index (χ2n) is 9.49. The van der Waals surface area contributed by atoms with Gasteiger partial charge in [0.05, 0.1) is 13.7 Å². The predicted octanol–water partition coefficient (Wildman–Crippen LogP) is 3.54. The fraction of sp³-hybridized carbons (Fsp3) is 0.520. The van der Waals surface area contributed by atoms with E-state index >= 15 is 0 Å². The Balaban J connectivity index is 1.77. The van der Waals surface area contributed by atoms with Crippen molar-refractivity contribution in [1.29, 1.82) is 0 Å². The third-order valence-electron chi connectivity index (χ3n) is 6.69. The maximum Gasteiger partial charge on any atom is 0.358 e. The Hall–Kier alpha value is -3.16. The number of amides is 2. The number of nitrogens with one attached hydrogen (secondary N) is 1. The number of esters is 1. The number of carbonyl (C=O) groups excluding carboxylic acids is 3. The van der Waals surface area contributed by atoms with Gasteiger partial charge in [0.2, 0.25) is 5.91 Å². The highest BCUT2D eigenvalue weighted by Gasteiger charge is 2.49. The van der Waals surface area contributed by atoms with Crippen molar-refractivity contribution in [2.45, 2.75) is 77.4 Å². The van der Waals surface area contributed by atoms with Gasteiger partial charge >= 0.3 is 5.97 Å². The molecule has 1 unspecified atom stereocenters. The van der Waals surface area contributed by atoms with E-state index in [1.54, 1.807) is 11.8 Å². The number of methoxy groups -OCH3 is 1. The molecule has 1 aliphatic heterocycles. The molecule has 1 N–H and O–H groups in total. The van der Waals surface area contributed by atoms with E-state index in [-0.39, 0.29) is 35.8 Å². The summed E-state index contributed by atoms with van der Waals surface area (Å²) < 4.78 is 6.24. The Morgan fingerprint density at radius 2 is 1.70 bits per heavy atom. The molecule has 0 spiro atoms. The zero-order chi connectivity index (χ0) is 23.8. The highest BCUT2D eigenvalue weighted by Crippen LogP contribution is 2.34. The third-order valence-corrected chi connectivity index (χ3v) is 6.69. The molecule has 1 saturated carbocycles. The monoisotopic (exact) mass is 452 g/mol. The number of aryl methyl sites for hydroxylation is 2. The van der Waals surface area contributed by atoms with E-state index in [0.29, 0.717) is 5.69 Å². The van der Waals surface area contributed by atoms with Crippen LogP contribution in [0.5, 0.6) is 0 Å². The molecule has 1 atom stereocenters. The molecule has 1 fully saturated rings. The number of benzene rings is 1. The third kappa shape index (κ3) is 4.38. The molecular formula is C25H32N4O4. The second-order valence-corrected chi connectivity index (χ2v) is 9.49. The predicted molar refractivity (Wildman–Crippen MR) is 124 cm³/mol. The summed E-state index contributed by atoms with van der Waals surface area (Å²) in [6.45, 7) is 5.84. The van der Waals surface area contributed by atoms with Gasteiger partial charge in [-0.25, -0.2) is 4.79 Å². The van der Waals surface area contributed by atoms with Crippen LogP contribution >= 0.6 is 0 Å². The van der Waals surface area contributed by atoms with E-state index in [2.05, 4.69) is 10.4 Å². The lowest BCUT2D eigenvalue weighted by molar-refractivity contribution is -0.127. The molecule has 176 valence electrons.